The molecule has 0 unspecified atom stereocenters. The molecule has 3 aromatic heterocycles. The van der Waals surface area contributed by atoms with Gasteiger partial charge < -0.3 is 19.8 Å². The fourth-order valence-corrected chi connectivity index (χ4v) is 8.67. The number of rotatable bonds is 11. The predicted octanol–water partition coefficient (Wildman–Crippen LogP) is 7.77. The first kappa shape index (κ1) is 38.0. The van der Waals surface area contributed by atoms with Crippen LogP contribution in [0.15, 0.2) is 110 Å². The van der Waals surface area contributed by atoms with Gasteiger partial charge in [0, 0.05) is 30.4 Å². The first-order valence-electron chi connectivity index (χ1n) is 19.9. The number of likely N-dealkylation sites (tertiary alicyclic amines) is 2. The van der Waals surface area contributed by atoms with Crippen LogP contribution in [-0.4, -0.2) is 97.6 Å². The summed E-state index contributed by atoms with van der Waals surface area (Å²) in [5.74, 6) is 1.82. The Bertz CT molecular complexity index is 2320. The van der Waals surface area contributed by atoms with E-state index in [2.05, 4.69) is 41.2 Å². The van der Waals surface area contributed by atoms with Gasteiger partial charge in [-0.15, -0.1) is 0 Å². The van der Waals surface area contributed by atoms with Crippen molar-refractivity contribution in [3.05, 3.63) is 138 Å². The quantitative estimate of drug-likeness (QED) is 0.139. The number of carbonyl (C=O) groups excluding carboxylic acids is 2. The molecular formula is C46H51N9O2. The third-order valence-corrected chi connectivity index (χ3v) is 11.5. The molecule has 3 aromatic carbocycles. The molecule has 2 amide bonds. The van der Waals surface area contributed by atoms with E-state index in [9.17, 15) is 9.59 Å². The molecule has 8 rings (SSSR count). The Kier molecular flexibility index (Phi) is 10.9. The van der Waals surface area contributed by atoms with E-state index in [1.54, 1.807) is 0 Å². The van der Waals surface area contributed by atoms with Gasteiger partial charge in [0.15, 0.2) is 0 Å². The Morgan fingerprint density at radius 3 is 1.58 bits per heavy atom. The van der Waals surface area contributed by atoms with E-state index < -0.39 is 0 Å². The summed E-state index contributed by atoms with van der Waals surface area (Å²) in [6, 6.07) is 29.5. The van der Waals surface area contributed by atoms with Gasteiger partial charge in [-0.3, -0.25) is 24.4 Å². The Balaban J connectivity index is 0.950. The first-order valence-corrected chi connectivity index (χ1v) is 19.9. The third kappa shape index (κ3) is 7.65. The molecule has 4 atom stereocenters. The molecule has 0 spiro atoms. The topological polar surface area (TPSA) is 117 Å². The highest BCUT2D eigenvalue weighted by Gasteiger charge is 2.38. The summed E-state index contributed by atoms with van der Waals surface area (Å²) >= 11 is 0. The van der Waals surface area contributed by atoms with Crippen molar-refractivity contribution in [2.24, 2.45) is 0 Å². The number of pyridine rings is 1. The van der Waals surface area contributed by atoms with Crippen LogP contribution in [0, 0.1) is 6.92 Å². The maximum absolute atomic E-state index is 14.0. The number of aromatic amines is 2. The minimum Gasteiger partial charge on any atom is -0.340 e. The second kappa shape index (κ2) is 16.3. The molecule has 6 aromatic rings. The number of amides is 2. The monoisotopic (exact) mass is 761 g/mol. The lowest BCUT2D eigenvalue weighted by atomic mass is 10.0. The SMILES string of the molecule is Cc1cc(-c2cnc([C@@H]3CCCN3C(=O)[C@@H](c3ccccc3)N(C)C)[nH]2)ccc1-c1ccc(-c2cnc([C@@H]3CCCN3C(=O)[C@@H](c3ccccc3)N(C)C)[nH]2)cn1. The lowest BCUT2D eigenvalue weighted by Crippen LogP contribution is -2.40. The summed E-state index contributed by atoms with van der Waals surface area (Å²) in [5.41, 5.74) is 8.76. The molecule has 2 N–H and O–H groups in total. The standard InChI is InChI=1S/C46H51N9O2/c1-30-26-33(37-28-48-43(50-37)39-18-12-24-54(39)45(56)41(52(2)3)31-14-8-6-9-15-31)20-22-35(30)36-23-21-34(27-47-36)38-29-49-44(51-38)40-19-13-25-55(40)46(57)42(53(4)5)32-16-10-7-11-17-32/h6-11,14-17,20-23,26-29,39-42H,12-13,18-19,24-25H2,1-5H3,(H,48,50)(H,49,51)/t39-,40-,41+,42+/m0/s1. The Morgan fingerprint density at radius 1 is 0.632 bits per heavy atom. The van der Waals surface area contributed by atoms with Gasteiger partial charge in [0.25, 0.3) is 0 Å². The van der Waals surface area contributed by atoms with Crippen molar-refractivity contribution in [2.75, 3.05) is 41.3 Å². The van der Waals surface area contributed by atoms with E-state index >= 15 is 0 Å². The molecule has 2 aliphatic heterocycles. The van der Waals surface area contributed by atoms with Crippen LogP contribution in [0.25, 0.3) is 33.8 Å². The molecular weight excluding hydrogens is 711 g/mol. The van der Waals surface area contributed by atoms with Crippen LogP contribution in [0.5, 0.6) is 0 Å². The molecule has 0 bridgehead atoms. The number of nitrogens with one attached hydrogen (secondary N) is 2. The summed E-state index contributed by atoms with van der Waals surface area (Å²) in [6.07, 6.45) is 9.21. The lowest BCUT2D eigenvalue weighted by molar-refractivity contribution is -0.138. The number of hydrogen-bond donors (Lipinski definition) is 2. The summed E-state index contributed by atoms with van der Waals surface area (Å²) in [5, 5.41) is 0. The Hall–Kier alpha value is -5.91. The van der Waals surface area contributed by atoms with E-state index in [1.807, 2.05) is 133 Å². The fraction of sp³-hybridized carbons (Fsp3) is 0.326. The van der Waals surface area contributed by atoms with Crippen LogP contribution in [0.1, 0.15) is 78.2 Å². The molecule has 0 radical (unpaired) electrons. The highest BCUT2D eigenvalue weighted by Crippen LogP contribution is 2.37. The minimum absolute atomic E-state index is 0.0943. The number of hydrogen-bond acceptors (Lipinski definition) is 7. The Morgan fingerprint density at radius 2 is 1.12 bits per heavy atom. The molecule has 2 aliphatic rings. The molecule has 2 fully saturated rings. The first-order chi connectivity index (χ1) is 27.7. The van der Waals surface area contributed by atoms with Gasteiger partial charge in [0.2, 0.25) is 11.8 Å². The number of aromatic nitrogens is 5. The maximum atomic E-state index is 14.0. The van der Waals surface area contributed by atoms with E-state index in [0.29, 0.717) is 13.1 Å². The average molecular weight is 762 g/mol. The number of carbonyl (C=O) groups is 2. The smallest absolute Gasteiger partial charge is 0.245 e. The predicted molar refractivity (Wildman–Crippen MR) is 223 cm³/mol. The molecule has 0 saturated carbocycles. The zero-order chi connectivity index (χ0) is 39.6. The number of H-pyrrole nitrogens is 2. The van der Waals surface area contributed by atoms with Crippen molar-refractivity contribution >= 4 is 11.8 Å². The van der Waals surface area contributed by atoms with Crippen molar-refractivity contribution in [1.82, 2.24) is 44.5 Å². The van der Waals surface area contributed by atoms with Gasteiger partial charge in [0.05, 0.1) is 41.6 Å². The van der Waals surface area contributed by atoms with Gasteiger partial charge in [-0.2, -0.15) is 0 Å². The molecule has 11 heteroatoms. The van der Waals surface area contributed by atoms with E-state index in [1.165, 1.54) is 0 Å². The summed E-state index contributed by atoms with van der Waals surface area (Å²) in [6.45, 7) is 3.52. The van der Waals surface area contributed by atoms with E-state index in [0.717, 1.165) is 87.8 Å². The lowest BCUT2D eigenvalue weighted by Gasteiger charge is -2.31. The molecule has 292 valence electrons. The van der Waals surface area contributed by atoms with Crippen LogP contribution in [0.4, 0.5) is 0 Å². The highest BCUT2D eigenvalue weighted by molar-refractivity contribution is 5.84. The summed E-state index contributed by atoms with van der Waals surface area (Å²) < 4.78 is 0. The minimum atomic E-state index is -0.353. The second-order valence-electron chi connectivity index (χ2n) is 15.8. The largest absolute Gasteiger partial charge is 0.340 e. The van der Waals surface area contributed by atoms with Gasteiger partial charge in [-0.05, 0) is 101 Å². The van der Waals surface area contributed by atoms with Crippen molar-refractivity contribution in [3.63, 3.8) is 0 Å². The van der Waals surface area contributed by atoms with Crippen molar-refractivity contribution in [2.45, 2.75) is 56.8 Å². The van der Waals surface area contributed by atoms with Crippen LogP contribution in [0.2, 0.25) is 0 Å². The number of nitrogens with zero attached hydrogens (tertiary/aromatic N) is 7. The van der Waals surface area contributed by atoms with Crippen LogP contribution in [0.3, 0.4) is 0 Å². The van der Waals surface area contributed by atoms with Gasteiger partial charge in [-0.1, -0.05) is 72.8 Å². The van der Waals surface area contributed by atoms with Gasteiger partial charge in [0.1, 0.15) is 23.7 Å². The van der Waals surface area contributed by atoms with Crippen LogP contribution >= 0.6 is 0 Å². The third-order valence-electron chi connectivity index (χ3n) is 11.5. The van der Waals surface area contributed by atoms with Gasteiger partial charge >= 0.3 is 0 Å². The van der Waals surface area contributed by atoms with E-state index in [-0.39, 0.29) is 36.0 Å². The number of aryl methyl sites for hydroxylation is 1. The van der Waals surface area contributed by atoms with Crippen LogP contribution < -0.4 is 0 Å². The van der Waals surface area contributed by atoms with Crippen LogP contribution in [-0.2, 0) is 9.59 Å². The normalized spacial score (nSPS) is 18.1. The van der Waals surface area contributed by atoms with Crippen molar-refractivity contribution in [1.29, 1.82) is 0 Å². The zero-order valence-electron chi connectivity index (χ0n) is 33.4. The Labute approximate surface area is 334 Å². The fourth-order valence-electron chi connectivity index (χ4n) is 8.67. The van der Waals surface area contributed by atoms with E-state index in [4.69, 9.17) is 15.0 Å². The average Bonchev–Trinajstić information content (AvgIpc) is 4.06. The van der Waals surface area contributed by atoms with Gasteiger partial charge in [-0.25, -0.2) is 9.97 Å². The molecule has 2 saturated heterocycles. The van der Waals surface area contributed by atoms with Crippen molar-refractivity contribution < 1.29 is 9.59 Å². The molecule has 0 aliphatic carbocycles. The zero-order valence-corrected chi connectivity index (χ0v) is 33.4. The number of likely N-dealkylation sites (N-methyl/N-ethyl adjacent to an activating group) is 2. The molecule has 57 heavy (non-hydrogen) atoms. The highest BCUT2D eigenvalue weighted by atomic mass is 16.2. The number of imidazole rings is 2. The maximum Gasteiger partial charge on any atom is 0.245 e. The van der Waals surface area contributed by atoms with Crippen molar-refractivity contribution in [3.8, 4) is 33.8 Å². The molecule has 11 nitrogen and oxygen atoms in total. The summed E-state index contributed by atoms with van der Waals surface area (Å²) in [4.78, 5) is 57.3. The second-order valence-corrected chi connectivity index (χ2v) is 15.8. The summed E-state index contributed by atoms with van der Waals surface area (Å²) in [7, 11) is 7.83. The molecule has 5 heterocycles. The number of benzene rings is 3.